The number of hydrogen-bond donors (Lipinski definition) is 2. The largest absolute Gasteiger partial charge is 0.482 e. The summed E-state index contributed by atoms with van der Waals surface area (Å²) in [5, 5.41) is 2.67. The summed E-state index contributed by atoms with van der Waals surface area (Å²) in [4.78, 5) is 11.5. The molecule has 0 radical (unpaired) electrons. The van der Waals surface area contributed by atoms with Gasteiger partial charge in [0, 0.05) is 12.1 Å². The molecule has 21 heavy (non-hydrogen) atoms. The lowest BCUT2D eigenvalue weighted by atomic mass is 10.2. The van der Waals surface area contributed by atoms with Gasteiger partial charge in [0.15, 0.2) is 6.61 Å². The maximum absolute atomic E-state index is 12.5. The molecule has 3 rings (SSSR count). The van der Waals surface area contributed by atoms with E-state index in [9.17, 15) is 13.2 Å². The Labute approximate surface area is 123 Å². The van der Waals surface area contributed by atoms with Crippen LogP contribution in [0.4, 0.5) is 5.69 Å². The second-order valence-corrected chi connectivity index (χ2v) is 7.24. The van der Waals surface area contributed by atoms with Crippen molar-refractivity contribution in [3.63, 3.8) is 0 Å². The lowest BCUT2D eigenvalue weighted by molar-refractivity contribution is -0.118. The van der Waals surface area contributed by atoms with Crippen molar-refractivity contribution in [3.8, 4) is 5.75 Å². The van der Waals surface area contributed by atoms with E-state index in [4.69, 9.17) is 4.74 Å². The van der Waals surface area contributed by atoms with Crippen molar-refractivity contribution in [3.05, 3.63) is 17.7 Å². The molecule has 1 heterocycles. The number of sulfonamides is 1. The molecule has 0 aromatic heterocycles. The molecule has 2 N–H and O–H groups in total. The number of carbonyl (C=O) groups excluding carboxylic acids is 1. The number of rotatable bonds is 3. The Bertz CT molecular complexity index is 678. The Hall–Kier alpha value is -1.60. The first-order valence-corrected chi connectivity index (χ1v) is 8.54. The van der Waals surface area contributed by atoms with Crippen LogP contribution in [0.15, 0.2) is 17.0 Å². The van der Waals surface area contributed by atoms with E-state index >= 15 is 0 Å². The maximum atomic E-state index is 12.5. The molecule has 114 valence electrons. The lowest BCUT2D eigenvalue weighted by Gasteiger charge is -2.21. The van der Waals surface area contributed by atoms with Crippen molar-refractivity contribution in [2.75, 3.05) is 11.9 Å². The second-order valence-electron chi connectivity index (χ2n) is 5.55. The van der Waals surface area contributed by atoms with E-state index in [1.807, 2.05) is 0 Å². The van der Waals surface area contributed by atoms with Crippen molar-refractivity contribution in [2.45, 2.75) is 43.5 Å². The minimum atomic E-state index is -3.56. The fourth-order valence-electron chi connectivity index (χ4n) is 2.83. The molecular weight excluding hydrogens is 292 g/mol. The zero-order valence-corrected chi connectivity index (χ0v) is 12.6. The SMILES string of the molecule is Cc1cc2c(cc1S(=O)(=O)NC1CCCC1)OCC(=O)N2. The summed E-state index contributed by atoms with van der Waals surface area (Å²) >= 11 is 0. The molecule has 0 saturated heterocycles. The molecule has 1 aliphatic carbocycles. The van der Waals surface area contributed by atoms with Crippen LogP contribution in [0.1, 0.15) is 31.2 Å². The Morgan fingerprint density at radius 2 is 2.00 bits per heavy atom. The van der Waals surface area contributed by atoms with Gasteiger partial charge in [0.2, 0.25) is 10.0 Å². The number of aryl methyl sites for hydroxylation is 1. The molecule has 1 aliphatic heterocycles. The molecule has 1 aromatic rings. The average molecular weight is 310 g/mol. The smallest absolute Gasteiger partial charge is 0.262 e. The molecule has 1 saturated carbocycles. The standard InChI is InChI=1S/C14H18N2O4S/c1-9-6-11-12(20-8-14(17)15-11)7-13(9)21(18,19)16-10-4-2-3-5-10/h6-7,10,16H,2-5,8H2,1H3,(H,15,17). The molecule has 0 bridgehead atoms. The van der Waals surface area contributed by atoms with Gasteiger partial charge in [-0.2, -0.15) is 0 Å². The molecule has 1 amide bonds. The first kappa shape index (κ1) is 14.3. The molecule has 6 nitrogen and oxygen atoms in total. The van der Waals surface area contributed by atoms with Crippen LogP contribution in [0.3, 0.4) is 0 Å². The average Bonchev–Trinajstić information content (AvgIpc) is 2.89. The van der Waals surface area contributed by atoms with Crippen LogP contribution in [0, 0.1) is 6.92 Å². The monoisotopic (exact) mass is 310 g/mol. The van der Waals surface area contributed by atoms with E-state index in [2.05, 4.69) is 10.0 Å². The number of amides is 1. The number of anilines is 1. The Kier molecular flexibility index (Phi) is 3.62. The number of fused-ring (bicyclic) bond motifs is 1. The highest BCUT2D eigenvalue weighted by Crippen LogP contribution is 2.33. The van der Waals surface area contributed by atoms with Gasteiger partial charge in [-0.1, -0.05) is 12.8 Å². The molecule has 2 aliphatic rings. The van der Waals surface area contributed by atoms with Gasteiger partial charge in [-0.05, 0) is 31.4 Å². The van der Waals surface area contributed by atoms with Crippen LogP contribution in [0.2, 0.25) is 0 Å². The third-order valence-corrected chi connectivity index (χ3v) is 5.54. The number of benzene rings is 1. The third kappa shape index (κ3) is 2.89. The Morgan fingerprint density at radius 3 is 2.71 bits per heavy atom. The van der Waals surface area contributed by atoms with Crippen molar-refractivity contribution >= 4 is 21.6 Å². The normalized spacial score (nSPS) is 19.0. The van der Waals surface area contributed by atoms with Gasteiger partial charge < -0.3 is 10.1 Å². The summed E-state index contributed by atoms with van der Waals surface area (Å²) in [5.74, 6) is 0.161. The van der Waals surface area contributed by atoms with E-state index < -0.39 is 10.0 Å². The highest BCUT2D eigenvalue weighted by Gasteiger charge is 2.26. The minimum absolute atomic E-state index is 0.0195. The maximum Gasteiger partial charge on any atom is 0.262 e. The van der Waals surface area contributed by atoms with Gasteiger partial charge in [-0.15, -0.1) is 0 Å². The summed E-state index contributed by atoms with van der Waals surface area (Å²) < 4.78 is 33.1. The van der Waals surface area contributed by atoms with E-state index in [1.54, 1.807) is 13.0 Å². The summed E-state index contributed by atoms with van der Waals surface area (Å²) in [6.07, 6.45) is 3.89. The first-order valence-electron chi connectivity index (χ1n) is 7.05. The minimum Gasteiger partial charge on any atom is -0.482 e. The summed E-state index contributed by atoms with van der Waals surface area (Å²) in [5.41, 5.74) is 1.11. The second kappa shape index (κ2) is 5.31. The highest BCUT2D eigenvalue weighted by molar-refractivity contribution is 7.89. The van der Waals surface area contributed by atoms with Gasteiger partial charge >= 0.3 is 0 Å². The van der Waals surface area contributed by atoms with Crippen LogP contribution in [-0.2, 0) is 14.8 Å². The fourth-order valence-corrected chi connectivity index (χ4v) is 4.38. The lowest BCUT2D eigenvalue weighted by Crippen LogP contribution is -2.33. The molecule has 0 unspecified atom stereocenters. The van der Waals surface area contributed by atoms with Gasteiger partial charge in [0.05, 0.1) is 10.6 Å². The summed E-state index contributed by atoms with van der Waals surface area (Å²) in [6, 6.07) is 3.14. The quantitative estimate of drug-likeness (QED) is 0.887. The first-order chi connectivity index (χ1) is 9.95. The van der Waals surface area contributed by atoms with Crippen LogP contribution in [0.5, 0.6) is 5.75 Å². The van der Waals surface area contributed by atoms with E-state index in [-0.39, 0.29) is 23.5 Å². The van der Waals surface area contributed by atoms with Crippen molar-refractivity contribution in [1.82, 2.24) is 4.72 Å². The van der Waals surface area contributed by atoms with Crippen molar-refractivity contribution < 1.29 is 17.9 Å². The molecule has 1 aromatic carbocycles. The predicted molar refractivity (Wildman–Crippen MR) is 77.9 cm³/mol. The summed E-state index contributed by atoms with van der Waals surface area (Å²) in [7, 11) is -3.56. The Balaban J connectivity index is 1.92. The number of carbonyl (C=O) groups is 1. The fraction of sp³-hybridized carbons (Fsp3) is 0.500. The zero-order valence-electron chi connectivity index (χ0n) is 11.8. The molecule has 0 spiro atoms. The van der Waals surface area contributed by atoms with Gasteiger partial charge in [-0.3, -0.25) is 4.79 Å². The van der Waals surface area contributed by atoms with Gasteiger partial charge in [0.1, 0.15) is 5.75 Å². The van der Waals surface area contributed by atoms with Crippen molar-refractivity contribution in [1.29, 1.82) is 0 Å². The van der Waals surface area contributed by atoms with Crippen LogP contribution in [-0.4, -0.2) is 27.0 Å². The van der Waals surface area contributed by atoms with Crippen LogP contribution >= 0.6 is 0 Å². The van der Waals surface area contributed by atoms with Gasteiger partial charge in [-0.25, -0.2) is 13.1 Å². The van der Waals surface area contributed by atoms with Crippen LogP contribution in [0.25, 0.3) is 0 Å². The summed E-state index contributed by atoms with van der Waals surface area (Å²) in [6.45, 7) is 1.62. The van der Waals surface area contributed by atoms with E-state index in [0.29, 0.717) is 17.0 Å². The number of nitrogens with one attached hydrogen (secondary N) is 2. The van der Waals surface area contributed by atoms with Crippen LogP contribution < -0.4 is 14.8 Å². The molecular formula is C14H18N2O4S. The highest BCUT2D eigenvalue weighted by atomic mass is 32.2. The topological polar surface area (TPSA) is 84.5 Å². The molecule has 1 fully saturated rings. The number of ether oxygens (including phenoxy) is 1. The Morgan fingerprint density at radius 1 is 1.29 bits per heavy atom. The molecule has 7 heteroatoms. The zero-order chi connectivity index (χ0) is 15.0. The van der Waals surface area contributed by atoms with E-state index in [0.717, 1.165) is 25.7 Å². The predicted octanol–water partition coefficient (Wildman–Crippen LogP) is 1.55. The van der Waals surface area contributed by atoms with Crippen molar-refractivity contribution in [2.24, 2.45) is 0 Å². The van der Waals surface area contributed by atoms with E-state index in [1.165, 1.54) is 6.07 Å². The van der Waals surface area contributed by atoms with Gasteiger partial charge in [0.25, 0.3) is 5.91 Å². The number of hydrogen-bond acceptors (Lipinski definition) is 4. The third-order valence-electron chi connectivity index (χ3n) is 3.88. The molecule has 0 atom stereocenters.